The Kier molecular flexibility index (Phi) is 3.64. The van der Waals surface area contributed by atoms with E-state index in [1.54, 1.807) is 13.4 Å². The van der Waals surface area contributed by atoms with Gasteiger partial charge in [0.15, 0.2) is 0 Å². The summed E-state index contributed by atoms with van der Waals surface area (Å²) >= 11 is 0. The van der Waals surface area contributed by atoms with Crippen LogP contribution in [0.3, 0.4) is 0 Å². The molecule has 0 unspecified atom stereocenters. The predicted molar refractivity (Wildman–Crippen MR) is 117 cm³/mol. The molecule has 0 amide bonds. The smallest absolute Gasteiger partial charge is 0.142 e. The number of benzene rings is 1. The summed E-state index contributed by atoms with van der Waals surface area (Å²) in [5, 5.41) is 10.5. The van der Waals surface area contributed by atoms with Gasteiger partial charge < -0.3 is 14.2 Å². The average Bonchev–Trinajstić information content (AvgIpc) is 3.47. The van der Waals surface area contributed by atoms with Crippen LogP contribution in [0.1, 0.15) is 11.5 Å². The van der Waals surface area contributed by atoms with Crippen LogP contribution in [0.15, 0.2) is 53.6 Å². The molecule has 0 aliphatic rings. The third kappa shape index (κ3) is 2.48. The number of aromatic nitrogens is 6. The van der Waals surface area contributed by atoms with E-state index in [4.69, 9.17) is 9.26 Å². The average molecular weight is 410 g/mol. The Morgan fingerprint density at radius 1 is 1.10 bits per heavy atom. The molecule has 6 aromatic rings. The summed E-state index contributed by atoms with van der Waals surface area (Å²) in [6.07, 6.45) is 5.34. The largest absolute Gasteiger partial charge is 0.496 e. The van der Waals surface area contributed by atoms with E-state index < -0.39 is 0 Å². The molecule has 8 heteroatoms. The van der Waals surface area contributed by atoms with Crippen LogP contribution in [0.25, 0.3) is 49.8 Å². The predicted octanol–water partition coefficient (Wildman–Crippen LogP) is 4.71. The molecule has 152 valence electrons. The van der Waals surface area contributed by atoms with Crippen LogP contribution < -0.4 is 4.74 Å². The minimum Gasteiger partial charge on any atom is -0.496 e. The van der Waals surface area contributed by atoms with Crippen molar-refractivity contribution in [3.63, 3.8) is 0 Å². The Morgan fingerprint density at radius 2 is 2.00 bits per heavy atom. The Bertz CT molecular complexity index is 1590. The Hall–Kier alpha value is -4.20. The Morgan fingerprint density at radius 3 is 2.81 bits per heavy atom. The van der Waals surface area contributed by atoms with E-state index in [1.807, 2.05) is 55.0 Å². The van der Waals surface area contributed by atoms with Crippen molar-refractivity contribution in [3.8, 4) is 28.1 Å². The number of hydrogen-bond acceptors (Lipinski definition) is 6. The highest BCUT2D eigenvalue weighted by Gasteiger charge is 2.21. The molecule has 8 nitrogen and oxygen atoms in total. The first-order valence-corrected chi connectivity index (χ1v) is 9.86. The highest BCUT2D eigenvalue weighted by atomic mass is 16.5. The number of pyridine rings is 1. The maximum atomic E-state index is 5.77. The molecule has 0 atom stereocenters. The summed E-state index contributed by atoms with van der Waals surface area (Å²) in [4.78, 5) is 12.6. The number of ether oxygens (including phenoxy) is 1. The van der Waals surface area contributed by atoms with E-state index in [9.17, 15) is 0 Å². The van der Waals surface area contributed by atoms with Crippen LogP contribution in [0.2, 0.25) is 0 Å². The van der Waals surface area contributed by atoms with Crippen molar-refractivity contribution in [1.29, 1.82) is 0 Å². The van der Waals surface area contributed by atoms with Crippen molar-refractivity contribution in [3.05, 3.63) is 60.5 Å². The van der Waals surface area contributed by atoms with Crippen LogP contribution in [-0.4, -0.2) is 36.8 Å². The monoisotopic (exact) mass is 410 g/mol. The number of nitrogens with zero attached hydrogens (tertiary/aromatic N) is 5. The van der Waals surface area contributed by atoms with Gasteiger partial charge in [0, 0.05) is 28.2 Å². The maximum Gasteiger partial charge on any atom is 0.142 e. The van der Waals surface area contributed by atoms with E-state index in [0.717, 1.165) is 67.0 Å². The molecule has 6 rings (SSSR count). The second-order valence-corrected chi connectivity index (χ2v) is 7.46. The summed E-state index contributed by atoms with van der Waals surface area (Å²) in [6.45, 7) is 3.83. The first-order chi connectivity index (χ1) is 15.2. The Labute approximate surface area is 176 Å². The van der Waals surface area contributed by atoms with Crippen molar-refractivity contribution in [1.82, 2.24) is 29.7 Å². The van der Waals surface area contributed by atoms with Crippen LogP contribution in [0, 0.1) is 13.8 Å². The molecular weight excluding hydrogens is 392 g/mol. The number of H-pyrrole nitrogens is 1. The molecule has 0 spiro atoms. The standard InChI is InChI=1S/C23H18N6O2/c1-12-20(13(2)31-28-12)15-8-17-14(9-19(15)30-3)21-22(24-11-25-23(21)27-17)16-10-26-29-7-5-4-6-18(16)29/h4-11H,1-3H3,(H,24,25,27). The van der Waals surface area contributed by atoms with Crippen molar-refractivity contribution in [2.75, 3.05) is 7.11 Å². The molecule has 0 fully saturated rings. The molecule has 0 saturated carbocycles. The number of hydrogen-bond donors (Lipinski definition) is 1. The van der Waals surface area contributed by atoms with Gasteiger partial charge in [-0.25, -0.2) is 14.5 Å². The molecule has 1 N–H and O–H groups in total. The second kappa shape index (κ2) is 6.40. The van der Waals surface area contributed by atoms with Crippen molar-refractivity contribution >= 4 is 27.5 Å². The van der Waals surface area contributed by atoms with Crippen molar-refractivity contribution < 1.29 is 9.26 Å². The highest BCUT2D eigenvalue weighted by Crippen LogP contribution is 2.41. The molecule has 5 heterocycles. The molecular formula is C23H18N6O2. The first-order valence-electron chi connectivity index (χ1n) is 9.86. The minimum atomic E-state index is 0.734. The SMILES string of the molecule is COc1cc2c(cc1-c1c(C)noc1C)[nH]c1ncnc(-c3cnn4ccccc34)c12. The van der Waals surface area contributed by atoms with E-state index in [1.165, 1.54) is 0 Å². The van der Waals surface area contributed by atoms with Crippen molar-refractivity contribution in [2.45, 2.75) is 13.8 Å². The zero-order valence-electron chi connectivity index (χ0n) is 17.2. The zero-order chi connectivity index (χ0) is 21.1. The number of aromatic amines is 1. The van der Waals surface area contributed by atoms with Gasteiger partial charge >= 0.3 is 0 Å². The summed E-state index contributed by atoms with van der Waals surface area (Å²) in [5.41, 5.74) is 7.12. The lowest BCUT2D eigenvalue weighted by molar-refractivity contribution is 0.393. The van der Waals surface area contributed by atoms with Gasteiger partial charge in [0.2, 0.25) is 0 Å². The van der Waals surface area contributed by atoms with Gasteiger partial charge in [0.25, 0.3) is 0 Å². The molecule has 0 aliphatic heterocycles. The molecule has 31 heavy (non-hydrogen) atoms. The van der Waals surface area contributed by atoms with Gasteiger partial charge in [0.1, 0.15) is 23.5 Å². The van der Waals surface area contributed by atoms with Gasteiger partial charge in [-0.05, 0) is 38.1 Å². The van der Waals surface area contributed by atoms with Gasteiger partial charge in [-0.1, -0.05) is 11.2 Å². The summed E-state index contributed by atoms with van der Waals surface area (Å²) < 4.78 is 13.0. The van der Waals surface area contributed by atoms with Crippen molar-refractivity contribution in [2.24, 2.45) is 0 Å². The summed E-state index contributed by atoms with van der Waals surface area (Å²) in [7, 11) is 1.67. The molecule has 5 aromatic heterocycles. The van der Waals surface area contributed by atoms with E-state index in [-0.39, 0.29) is 0 Å². The fourth-order valence-electron chi connectivity index (χ4n) is 4.31. The fourth-order valence-corrected chi connectivity index (χ4v) is 4.31. The van der Waals surface area contributed by atoms with Crippen LogP contribution in [0.4, 0.5) is 0 Å². The topological polar surface area (TPSA) is 94.1 Å². The van der Waals surface area contributed by atoms with Gasteiger partial charge in [-0.15, -0.1) is 0 Å². The van der Waals surface area contributed by atoms with E-state index in [2.05, 4.69) is 31.3 Å². The fraction of sp³-hybridized carbons (Fsp3) is 0.130. The first kappa shape index (κ1) is 17.6. The molecule has 0 saturated heterocycles. The molecule has 0 aliphatic carbocycles. The summed E-state index contributed by atoms with van der Waals surface area (Å²) in [6, 6.07) is 10.1. The lowest BCUT2D eigenvalue weighted by Crippen LogP contribution is -1.91. The number of aryl methyl sites for hydroxylation is 2. The van der Waals surface area contributed by atoms with Gasteiger partial charge in [-0.3, -0.25) is 0 Å². The normalized spacial score (nSPS) is 11.7. The number of methoxy groups -OCH3 is 1. The molecule has 1 aromatic carbocycles. The van der Waals surface area contributed by atoms with Gasteiger partial charge in [0.05, 0.1) is 41.2 Å². The number of fused-ring (bicyclic) bond motifs is 4. The third-order valence-electron chi connectivity index (χ3n) is 5.69. The Balaban J connectivity index is 1.68. The van der Waals surface area contributed by atoms with Gasteiger partial charge in [-0.2, -0.15) is 5.10 Å². The second-order valence-electron chi connectivity index (χ2n) is 7.46. The number of rotatable bonds is 3. The lowest BCUT2D eigenvalue weighted by atomic mass is 10.00. The van der Waals surface area contributed by atoms with E-state index >= 15 is 0 Å². The van der Waals surface area contributed by atoms with E-state index in [0.29, 0.717) is 0 Å². The van der Waals surface area contributed by atoms with Crippen LogP contribution in [0.5, 0.6) is 5.75 Å². The quantitative estimate of drug-likeness (QED) is 0.454. The summed E-state index contributed by atoms with van der Waals surface area (Å²) in [5.74, 6) is 1.48. The highest BCUT2D eigenvalue weighted by molar-refractivity contribution is 6.14. The lowest BCUT2D eigenvalue weighted by Gasteiger charge is -2.09. The molecule has 0 bridgehead atoms. The maximum absolute atomic E-state index is 5.77. The van der Waals surface area contributed by atoms with Crippen LogP contribution in [-0.2, 0) is 0 Å². The third-order valence-corrected chi connectivity index (χ3v) is 5.69. The number of nitrogens with one attached hydrogen (secondary N) is 1. The minimum absolute atomic E-state index is 0.734. The molecule has 0 radical (unpaired) electrons. The van der Waals surface area contributed by atoms with Crippen LogP contribution >= 0.6 is 0 Å². The zero-order valence-corrected chi connectivity index (χ0v) is 17.2.